The van der Waals surface area contributed by atoms with Gasteiger partial charge in [0.25, 0.3) is 5.91 Å². The Morgan fingerprint density at radius 3 is 2.77 bits per heavy atom. The van der Waals surface area contributed by atoms with Crippen LogP contribution in [0.2, 0.25) is 0 Å². The molecule has 0 aliphatic heterocycles. The zero-order chi connectivity index (χ0) is 15.5. The van der Waals surface area contributed by atoms with Crippen LogP contribution < -0.4 is 0 Å². The van der Waals surface area contributed by atoms with Crippen molar-refractivity contribution in [3.63, 3.8) is 0 Å². The van der Waals surface area contributed by atoms with Gasteiger partial charge in [-0.15, -0.1) is 11.3 Å². The third kappa shape index (κ3) is 2.75. The minimum Gasteiger partial charge on any atom is -0.334 e. The fourth-order valence-corrected chi connectivity index (χ4v) is 2.84. The Bertz CT molecular complexity index is 753. The predicted molar refractivity (Wildman–Crippen MR) is 84.4 cm³/mol. The van der Waals surface area contributed by atoms with E-state index in [1.807, 2.05) is 37.3 Å². The van der Waals surface area contributed by atoms with Crippen LogP contribution in [0.3, 0.4) is 0 Å². The van der Waals surface area contributed by atoms with Gasteiger partial charge in [0.1, 0.15) is 12.0 Å². The van der Waals surface area contributed by atoms with Crippen LogP contribution in [0.5, 0.6) is 0 Å². The Kier molecular flexibility index (Phi) is 3.97. The first kappa shape index (κ1) is 14.4. The molecule has 2 aromatic heterocycles. The van der Waals surface area contributed by atoms with E-state index in [-0.39, 0.29) is 11.9 Å². The summed E-state index contributed by atoms with van der Waals surface area (Å²) in [4.78, 5) is 22.6. The monoisotopic (exact) mass is 313 g/mol. The number of hydrogen-bond donors (Lipinski definition) is 1. The van der Waals surface area contributed by atoms with E-state index in [2.05, 4.69) is 20.2 Å². The van der Waals surface area contributed by atoms with E-state index in [0.29, 0.717) is 16.5 Å². The number of amides is 1. The first-order valence-electron chi connectivity index (χ1n) is 6.80. The minimum absolute atomic E-state index is 0.0240. The van der Waals surface area contributed by atoms with Gasteiger partial charge >= 0.3 is 0 Å². The third-order valence-electron chi connectivity index (χ3n) is 3.52. The molecule has 112 valence electrons. The molecule has 0 spiro atoms. The van der Waals surface area contributed by atoms with Crippen molar-refractivity contribution in [2.45, 2.75) is 13.0 Å². The highest BCUT2D eigenvalue weighted by Gasteiger charge is 2.21. The van der Waals surface area contributed by atoms with Crippen LogP contribution in [0.15, 0.2) is 42.0 Å². The van der Waals surface area contributed by atoms with Crippen molar-refractivity contribution in [3.8, 4) is 10.8 Å². The quantitative estimate of drug-likeness (QED) is 0.803. The highest BCUT2D eigenvalue weighted by molar-refractivity contribution is 7.13. The summed E-state index contributed by atoms with van der Waals surface area (Å²) in [5.41, 5.74) is 1.51. The SMILES string of the molecule is C[C@H](c1ccccc1)N(C)C(=O)c1csc(-c2ncn[nH]2)n1. The number of nitrogens with zero attached hydrogens (tertiary/aromatic N) is 4. The van der Waals surface area contributed by atoms with Gasteiger partial charge in [0.05, 0.1) is 6.04 Å². The van der Waals surface area contributed by atoms with E-state index in [0.717, 1.165) is 5.56 Å². The second-order valence-corrected chi connectivity index (χ2v) is 5.73. The van der Waals surface area contributed by atoms with E-state index in [1.54, 1.807) is 17.3 Å². The summed E-state index contributed by atoms with van der Waals surface area (Å²) in [7, 11) is 1.79. The number of carbonyl (C=O) groups excluding carboxylic acids is 1. The van der Waals surface area contributed by atoms with Gasteiger partial charge in [-0.3, -0.25) is 9.89 Å². The molecule has 0 bridgehead atoms. The van der Waals surface area contributed by atoms with Gasteiger partial charge in [0, 0.05) is 12.4 Å². The maximum Gasteiger partial charge on any atom is 0.273 e. The number of aromatic amines is 1. The lowest BCUT2D eigenvalue weighted by Crippen LogP contribution is -2.29. The maximum absolute atomic E-state index is 12.6. The summed E-state index contributed by atoms with van der Waals surface area (Å²) in [6.45, 7) is 2.00. The number of H-pyrrole nitrogens is 1. The molecule has 7 heteroatoms. The van der Waals surface area contributed by atoms with Crippen LogP contribution in [-0.2, 0) is 0 Å². The average molecular weight is 313 g/mol. The molecule has 0 fully saturated rings. The molecule has 3 rings (SSSR count). The summed E-state index contributed by atoms with van der Waals surface area (Å²) in [5.74, 6) is 0.459. The highest BCUT2D eigenvalue weighted by atomic mass is 32.1. The standard InChI is InChI=1S/C15H15N5OS/c1-10(11-6-4-3-5-7-11)20(2)15(21)12-8-22-14(18-12)13-16-9-17-19-13/h3-10H,1-2H3,(H,16,17,19)/t10-/m1/s1. The molecule has 0 aliphatic rings. The van der Waals surface area contributed by atoms with Crippen molar-refractivity contribution in [1.82, 2.24) is 25.1 Å². The van der Waals surface area contributed by atoms with Crippen molar-refractivity contribution in [1.29, 1.82) is 0 Å². The van der Waals surface area contributed by atoms with Crippen LogP contribution in [0.1, 0.15) is 29.0 Å². The van der Waals surface area contributed by atoms with Crippen molar-refractivity contribution in [2.75, 3.05) is 7.05 Å². The molecule has 0 radical (unpaired) electrons. The van der Waals surface area contributed by atoms with Gasteiger partial charge in [0.2, 0.25) is 0 Å². The lowest BCUT2D eigenvalue weighted by molar-refractivity contribution is 0.0737. The van der Waals surface area contributed by atoms with Crippen LogP contribution in [0, 0.1) is 0 Å². The van der Waals surface area contributed by atoms with Crippen molar-refractivity contribution < 1.29 is 4.79 Å². The molecule has 22 heavy (non-hydrogen) atoms. The zero-order valence-corrected chi connectivity index (χ0v) is 13.0. The second kappa shape index (κ2) is 6.07. The van der Waals surface area contributed by atoms with Crippen LogP contribution in [0.25, 0.3) is 10.8 Å². The van der Waals surface area contributed by atoms with Crippen LogP contribution >= 0.6 is 11.3 Å². The molecule has 0 saturated carbocycles. The third-order valence-corrected chi connectivity index (χ3v) is 4.37. The lowest BCUT2D eigenvalue weighted by Gasteiger charge is -2.24. The van der Waals surface area contributed by atoms with Gasteiger partial charge < -0.3 is 4.90 Å². The van der Waals surface area contributed by atoms with E-state index in [9.17, 15) is 4.79 Å². The molecule has 0 aliphatic carbocycles. The fraction of sp³-hybridized carbons (Fsp3) is 0.200. The van der Waals surface area contributed by atoms with Crippen molar-refractivity contribution in [2.24, 2.45) is 0 Å². The molecule has 0 unspecified atom stereocenters. The Morgan fingerprint density at radius 1 is 1.32 bits per heavy atom. The summed E-state index contributed by atoms with van der Waals surface area (Å²) in [5, 5.41) is 8.94. The molecule has 1 aromatic carbocycles. The number of rotatable bonds is 4. The Hall–Kier alpha value is -2.54. The van der Waals surface area contributed by atoms with Crippen LogP contribution in [-0.4, -0.2) is 38.0 Å². The average Bonchev–Trinajstić information content (AvgIpc) is 3.24. The van der Waals surface area contributed by atoms with Crippen molar-refractivity contribution in [3.05, 3.63) is 53.3 Å². The normalized spacial score (nSPS) is 12.1. The van der Waals surface area contributed by atoms with Crippen molar-refractivity contribution >= 4 is 17.2 Å². The number of benzene rings is 1. The minimum atomic E-state index is -0.113. The summed E-state index contributed by atoms with van der Waals surface area (Å²) < 4.78 is 0. The smallest absolute Gasteiger partial charge is 0.273 e. The highest BCUT2D eigenvalue weighted by Crippen LogP contribution is 2.23. The first-order chi connectivity index (χ1) is 10.7. The van der Waals surface area contributed by atoms with Gasteiger partial charge in [0.15, 0.2) is 10.8 Å². The number of hydrogen-bond acceptors (Lipinski definition) is 5. The fourth-order valence-electron chi connectivity index (χ4n) is 2.10. The largest absolute Gasteiger partial charge is 0.334 e. The number of thiazole rings is 1. The molecule has 3 aromatic rings. The van der Waals surface area contributed by atoms with Gasteiger partial charge in [-0.05, 0) is 12.5 Å². The molecule has 0 saturated heterocycles. The molecule has 1 amide bonds. The van der Waals surface area contributed by atoms with Gasteiger partial charge in [-0.1, -0.05) is 30.3 Å². The van der Waals surface area contributed by atoms with E-state index in [1.165, 1.54) is 17.7 Å². The molecule has 2 heterocycles. The molecule has 6 nitrogen and oxygen atoms in total. The first-order valence-corrected chi connectivity index (χ1v) is 7.68. The van der Waals surface area contributed by atoms with E-state index in [4.69, 9.17) is 0 Å². The molecular weight excluding hydrogens is 298 g/mol. The Labute approximate surface area is 131 Å². The second-order valence-electron chi connectivity index (χ2n) is 4.87. The molecular formula is C15H15N5OS. The number of nitrogens with one attached hydrogen (secondary N) is 1. The summed E-state index contributed by atoms with van der Waals surface area (Å²) in [6, 6.07) is 9.89. The van der Waals surface area contributed by atoms with Crippen LogP contribution in [0.4, 0.5) is 0 Å². The molecule has 1 atom stereocenters. The van der Waals surface area contributed by atoms with E-state index < -0.39 is 0 Å². The van der Waals surface area contributed by atoms with Gasteiger partial charge in [-0.2, -0.15) is 5.10 Å². The number of carbonyl (C=O) groups is 1. The van der Waals surface area contributed by atoms with Gasteiger partial charge in [-0.25, -0.2) is 9.97 Å². The lowest BCUT2D eigenvalue weighted by atomic mass is 10.1. The Morgan fingerprint density at radius 2 is 2.09 bits per heavy atom. The predicted octanol–water partition coefficient (Wildman–Crippen LogP) is 2.76. The topological polar surface area (TPSA) is 74.8 Å². The zero-order valence-electron chi connectivity index (χ0n) is 12.2. The number of aromatic nitrogens is 4. The Balaban J connectivity index is 1.79. The summed E-state index contributed by atoms with van der Waals surface area (Å²) in [6.07, 6.45) is 1.42. The molecule has 1 N–H and O–H groups in total. The summed E-state index contributed by atoms with van der Waals surface area (Å²) >= 11 is 1.37. The van der Waals surface area contributed by atoms with E-state index >= 15 is 0 Å². The maximum atomic E-state index is 12.6.